The number of benzene rings is 1. The molecule has 1 atom stereocenters. The van der Waals surface area contributed by atoms with E-state index >= 15 is 0 Å². The normalized spacial score (nSPS) is 18.6. The average Bonchev–Trinajstić information content (AvgIpc) is 2.27. The Morgan fingerprint density at radius 1 is 1.29 bits per heavy atom. The number of rotatable bonds is 1. The van der Waals surface area contributed by atoms with Gasteiger partial charge in [0.25, 0.3) is 0 Å². The highest BCUT2D eigenvalue weighted by Crippen LogP contribution is 2.30. The standard InChI is InChI=1S/C10H8F3NO3/c11-10(12,13)9(15)14-8-5-16-6-3-1-2-4-7(6)17-8/h1-4,8H,5H2,(H,14,15). The Morgan fingerprint density at radius 2 is 1.94 bits per heavy atom. The van der Waals surface area contributed by atoms with Gasteiger partial charge in [-0.3, -0.25) is 4.79 Å². The van der Waals surface area contributed by atoms with Gasteiger partial charge in [-0.1, -0.05) is 12.1 Å². The highest BCUT2D eigenvalue weighted by Gasteiger charge is 2.40. The molecule has 0 spiro atoms. The SMILES string of the molecule is O=C(NC1COc2ccccc2O1)C(F)(F)F. The van der Waals surface area contributed by atoms with E-state index in [9.17, 15) is 18.0 Å². The van der Waals surface area contributed by atoms with Gasteiger partial charge in [0.1, 0.15) is 6.61 Å². The Kier molecular flexibility index (Phi) is 2.83. The molecular weight excluding hydrogens is 239 g/mol. The summed E-state index contributed by atoms with van der Waals surface area (Å²) in [6.45, 7) is -0.168. The van der Waals surface area contributed by atoms with Crippen molar-refractivity contribution in [2.24, 2.45) is 0 Å². The van der Waals surface area contributed by atoms with Gasteiger partial charge in [-0.2, -0.15) is 13.2 Å². The third kappa shape index (κ3) is 2.61. The van der Waals surface area contributed by atoms with Gasteiger partial charge in [-0.25, -0.2) is 0 Å². The molecule has 1 aliphatic heterocycles. The number of hydrogen-bond donors (Lipinski definition) is 1. The van der Waals surface area contributed by atoms with Crippen LogP contribution in [0.25, 0.3) is 0 Å². The zero-order valence-corrected chi connectivity index (χ0v) is 8.45. The number of para-hydroxylation sites is 2. The van der Waals surface area contributed by atoms with Gasteiger partial charge in [0.2, 0.25) is 6.23 Å². The number of ether oxygens (including phenoxy) is 2. The van der Waals surface area contributed by atoms with Crippen molar-refractivity contribution in [3.63, 3.8) is 0 Å². The van der Waals surface area contributed by atoms with Crippen LogP contribution in [-0.2, 0) is 4.79 Å². The lowest BCUT2D eigenvalue weighted by Gasteiger charge is -2.27. The molecule has 1 aliphatic rings. The summed E-state index contributed by atoms with van der Waals surface area (Å²) in [5.74, 6) is -1.32. The van der Waals surface area contributed by atoms with Gasteiger partial charge >= 0.3 is 12.1 Å². The summed E-state index contributed by atoms with van der Waals surface area (Å²) in [6, 6.07) is 6.52. The summed E-state index contributed by atoms with van der Waals surface area (Å²) >= 11 is 0. The minimum atomic E-state index is -4.93. The minimum absolute atomic E-state index is 0.168. The molecule has 1 unspecified atom stereocenters. The monoisotopic (exact) mass is 247 g/mol. The fraction of sp³-hybridized carbons (Fsp3) is 0.300. The van der Waals surface area contributed by atoms with Crippen LogP contribution < -0.4 is 14.8 Å². The number of carbonyl (C=O) groups excluding carboxylic acids is 1. The molecule has 92 valence electrons. The third-order valence-electron chi connectivity index (χ3n) is 2.06. The van der Waals surface area contributed by atoms with Gasteiger partial charge in [-0.15, -0.1) is 0 Å². The van der Waals surface area contributed by atoms with Crippen LogP contribution in [0.5, 0.6) is 11.5 Å². The Bertz CT molecular complexity index is 433. The zero-order chi connectivity index (χ0) is 12.5. The van der Waals surface area contributed by atoms with Gasteiger partial charge in [0.05, 0.1) is 0 Å². The fourth-order valence-electron chi connectivity index (χ4n) is 1.32. The molecular formula is C10H8F3NO3. The van der Waals surface area contributed by atoms with Crippen LogP contribution >= 0.6 is 0 Å². The smallest absolute Gasteiger partial charge is 0.471 e. The molecule has 1 amide bonds. The van der Waals surface area contributed by atoms with Gasteiger partial charge in [0, 0.05) is 0 Å². The van der Waals surface area contributed by atoms with E-state index in [0.29, 0.717) is 11.5 Å². The quantitative estimate of drug-likeness (QED) is 0.817. The average molecular weight is 247 g/mol. The molecule has 17 heavy (non-hydrogen) atoms. The number of halogens is 3. The summed E-state index contributed by atoms with van der Waals surface area (Å²) in [4.78, 5) is 10.7. The van der Waals surface area contributed by atoms with Crippen LogP contribution in [0.3, 0.4) is 0 Å². The number of amides is 1. The number of alkyl halides is 3. The molecule has 1 aromatic rings. The highest BCUT2D eigenvalue weighted by molar-refractivity contribution is 5.81. The van der Waals surface area contributed by atoms with Crippen LogP contribution in [0.4, 0.5) is 13.2 Å². The van der Waals surface area contributed by atoms with Crippen molar-refractivity contribution >= 4 is 5.91 Å². The van der Waals surface area contributed by atoms with Crippen LogP contribution in [0, 0.1) is 0 Å². The second-order valence-corrected chi connectivity index (χ2v) is 3.34. The molecule has 0 radical (unpaired) electrons. The number of nitrogens with one attached hydrogen (secondary N) is 1. The fourth-order valence-corrected chi connectivity index (χ4v) is 1.32. The maximum absolute atomic E-state index is 12.0. The first-order chi connectivity index (χ1) is 7.97. The lowest BCUT2D eigenvalue weighted by Crippen LogP contribution is -2.49. The predicted octanol–water partition coefficient (Wildman–Crippen LogP) is 1.46. The van der Waals surface area contributed by atoms with Gasteiger partial charge in [0.15, 0.2) is 11.5 Å². The molecule has 0 aliphatic carbocycles. The molecule has 0 saturated heterocycles. The van der Waals surface area contributed by atoms with E-state index < -0.39 is 18.3 Å². The topological polar surface area (TPSA) is 47.6 Å². The third-order valence-corrected chi connectivity index (χ3v) is 2.06. The summed E-state index contributed by atoms with van der Waals surface area (Å²) in [6.07, 6.45) is -6.07. The van der Waals surface area contributed by atoms with Crippen molar-refractivity contribution in [3.8, 4) is 11.5 Å². The molecule has 0 bridgehead atoms. The van der Waals surface area contributed by atoms with E-state index in [2.05, 4.69) is 0 Å². The minimum Gasteiger partial charge on any atom is -0.484 e. The van der Waals surface area contributed by atoms with E-state index in [-0.39, 0.29) is 6.61 Å². The molecule has 2 rings (SSSR count). The molecule has 0 saturated carbocycles. The van der Waals surface area contributed by atoms with Crippen molar-refractivity contribution in [2.75, 3.05) is 6.61 Å². The van der Waals surface area contributed by atoms with Crippen molar-refractivity contribution in [1.29, 1.82) is 0 Å². The molecule has 1 N–H and O–H groups in total. The van der Waals surface area contributed by atoms with Crippen LogP contribution in [0.2, 0.25) is 0 Å². The lowest BCUT2D eigenvalue weighted by molar-refractivity contribution is -0.176. The second kappa shape index (κ2) is 4.15. The van der Waals surface area contributed by atoms with E-state index in [1.165, 1.54) is 0 Å². The maximum atomic E-state index is 12.0. The molecule has 0 aromatic heterocycles. The Balaban J connectivity index is 2.01. The molecule has 7 heteroatoms. The summed E-state index contributed by atoms with van der Waals surface area (Å²) in [5.41, 5.74) is 0. The van der Waals surface area contributed by atoms with E-state index in [1.54, 1.807) is 29.6 Å². The predicted molar refractivity (Wildman–Crippen MR) is 50.6 cm³/mol. The van der Waals surface area contributed by atoms with Crippen LogP contribution in [0.15, 0.2) is 24.3 Å². The van der Waals surface area contributed by atoms with E-state index in [4.69, 9.17) is 9.47 Å². The van der Waals surface area contributed by atoms with E-state index in [1.807, 2.05) is 0 Å². The van der Waals surface area contributed by atoms with Crippen molar-refractivity contribution in [2.45, 2.75) is 12.4 Å². The number of fused-ring (bicyclic) bond motifs is 1. The molecule has 4 nitrogen and oxygen atoms in total. The number of hydrogen-bond acceptors (Lipinski definition) is 3. The number of carbonyl (C=O) groups is 1. The highest BCUT2D eigenvalue weighted by atomic mass is 19.4. The van der Waals surface area contributed by atoms with Gasteiger partial charge < -0.3 is 14.8 Å². The lowest BCUT2D eigenvalue weighted by atomic mass is 10.3. The Hall–Kier alpha value is -1.92. The first-order valence-corrected chi connectivity index (χ1v) is 4.73. The second-order valence-electron chi connectivity index (χ2n) is 3.34. The maximum Gasteiger partial charge on any atom is 0.471 e. The van der Waals surface area contributed by atoms with Crippen molar-refractivity contribution in [1.82, 2.24) is 5.32 Å². The van der Waals surface area contributed by atoms with Gasteiger partial charge in [-0.05, 0) is 12.1 Å². The molecule has 0 fully saturated rings. The summed E-state index contributed by atoms with van der Waals surface area (Å²) in [7, 11) is 0. The zero-order valence-electron chi connectivity index (χ0n) is 8.45. The van der Waals surface area contributed by atoms with Crippen LogP contribution in [0.1, 0.15) is 0 Å². The molecule has 1 aromatic carbocycles. The summed E-state index contributed by atoms with van der Waals surface area (Å²) in [5, 5.41) is 1.69. The van der Waals surface area contributed by atoms with Crippen molar-refractivity contribution < 1.29 is 27.4 Å². The Labute approximate surface area is 94.3 Å². The Morgan fingerprint density at radius 3 is 2.59 bits per heavy atom. The van der Waals surface area contributed by atoms with Crippen molar-refractivity contribution in [3.05, 3.63) is 24.3 Å². The van der Waals surface area contributed by atoms with E-state index in [0.717, 1.165) is 0 Å². The largest absolute Gasteiger partial charge is 0.484 e. The summed E-state index contributed by atoms with van der Waals surface area (Å²) < 4.78 is 46.3. The molecule has 1 heterocycles. The first-order valence-electron chi connectivity index (χ1n) is 4.73. The first kappa shape index (κ1) is 11.6. The van der Waals surface area contributed by atoms with Crippen LogP contribution in [-0.4, -0.2) is 24.9 Å².